The fourth-order valence-electron chi connectivity index (χ4n) is 4.01. The zero-order valence-electron chi connectivity index (χ0n) is 15.1. The Bertz CT molecular complexity index is 846. The van der Waals surface area contributed by atoms with Crippen molar-refractivity contribution in [2.75, 3.05) is 7.05 Å². The van der Waals surface area contributed by atoms with Crippen LogP contribution in [0.2, 0.25) is 0 Å². The molecule has 1 aliphatic heterocycles. The molecule has 3 atom stereocenters. The topological polar surface area (TPSA) is 63.5 Å². The van der Waals surface area contributed by atoms with Crippen molar-refractivity contribution in [1.29, 1.82) is 0 Å². The van der Waals surface area contributed by atoms with Gasteiger partial charge in [-0.15, -0.1) is 0 Å². The van der Waals surface area contributed by atoms with Crippen molar-refractivity contribution in [3.8, 4) is 0 Å². The summed E-state index contributed by atoms with van der Waals surface area (Å²) >= 11 is 0. The molecule has 2 aromatic carbocycles. The van der Waals surface area contributed by atoms with Crippen LogP contribution < -0.4 is 0 Å². The van der Waals surface area contributed by atoms with Crippen LogP contribution in [-0.2, 0) is 4.79 Å². The second-order valence-electron chi connectivity index (χ2n) is 6.69. The molecule has 0 spiro atoms. The van der Waals surface area contributed by atoms with Gasteiger partial charge in [0.25, 0.3) is 0 Å². The minimum atomic E-state index is -0.951. The molecule has 0 bridgehead atoms. The standard InChI is InChI=1S/C21H22N2O3/c1-14-18(15(2)24)19(16-10-6-4-7-11-16)21(23(25)26)20(22(14)3)17-12-8-5-9-13-17/h4-13,19-21H,1-3H3/t19-,20+,21-/m1/s1. The first kappa shape index (κ1) is 17.9. The molecule has 0 aliphatic carbocycles. The van der Waals surface area contributed by atoms with E-state index in [4.69, 9.17) is 0 Å². The molecule has 0 aromatic heterocycles. The minimum absolute atomic E-state index is 0.124. The lowest BCUT2D eigenvalue weighted by molar-refractivity contribution is -0.535. The summed E-state index contributed by atoms with van der Waals surface area (Å²) in [5.74, 6) is -0.702. The Kier molecular flexibility index (Phi) is 4.89. The number of rotatable bonds is 4. The van der Waals surface area contributed by atoms with Crippen LogP contribution in [0, 0.1) is 10.1 Å². The van der Waals surface area contributed by atoms with Crippen LogP contribution in [0.5, 0.6) is 0 Å². The van der Waals surface area contributed by atoms with Crippen LogP contribution in [0.15, 0.2) is 71.9 Å². The number of allylic oxidation sites excluding steroid dienone is 1. The molecule has 5 nitrogen and oxygen atoms in total. The lowest BCUT2D eigenvalue weighted by atomic mass is 9.74. The van der Waals surface area contributed by atoms with E-state index in [2.05, 4.69) is 0 Å². The first-order chi connectivity index (χ1) is 12.4. The third-order valence-corrected chi connectivity index (χ3v) is 5.23. The van der Waals surface area contributed by atoms with Gasteiger partial charge in [-0.25, -0.2) is 0 Å². The fraction of sp³-hybridized carbons (Fsp3) is 0.286. The third-order valence-electron chi connectivity index (χ3n) is 5.23. The highest BCUT2D eigenvalue weighted by atomic mass is 16.6. The van der Waals surface area contributed by atoms with E-state index in [-0.39, 0.29) is 10.7 Å². The molecule has 0 saturated carbocycles. The Morgan fingerprint density at radius 2 is 1.50 bits per heavy atom. The Balaban J connectivity index is 2.27. The van der Waals surface area contributed by atoms with Crippen LogP contribution in [0.4, 0.5) is 0 Å². The molecule has 1 aliphatic rings. The highest BCUT2D eigenvalue weighted by Gasteiger charge is 2.50. The van der Waals surface area contributed by atoms with Gasteiger partial charge in [-0.1, -0.05) is 60.7 Å². The van der Waals surface area contributed by atoms with Crippen molar-refractivity contribution in [3.63, 3.8) is 0 Å². The van der Waals surface area contributed by atoms with E-state index < -0.39 is 18.0 Å². The average Bonchev–Trinajstić information content (AvgIpc) is 2.64. The summed E-state index contributed by atoms with van der Waals surface area (Å²) in [7, 11) is 1.83. The second-order valence-corrected chi connectivity index (χ2v) is 6.69. The summed E-state index contributed by atoms with van der Waals surface area (Å²) in [6.45, 7) is 3.36. The molecule has 0 amide bonds. The predicted octanol–water partition coefficient (Wildman–Crippen LogP) is 3.97. The largest absolute Gasteiger partial charge is 0.364 e. The van der Waals surface area contributed by atoms with Crippen molar-refractivity contribution in [2.45, 2.75) is 31.8 Å². The van der Waals surface area contributed by atoms with Crippen LogP contribution in [0.3, 0.4) is 0 Å². The summed E-state index contributed by atoms with van der Waals surface area (Å²) in [6, 6.07) is 17.4. The molecule has 0 saturated heterocycles. The van der Waals surface area contributed by atoms with Crippen molar-refractivity contribution < 1.29 is 9.72 Å². The van der Waals surface area contributed by atoms with Crippen LogP contribution >= 0.6 is 0 Å². The zero-order valence-corrected chi connectivity index (χ0v) is 15.1. The van der Waals surface area contributed by atoms with Gasteiger partial charge in [0.1, 0.15) is 6.04 Å². The van der Waals surface area contributed by atoms with Crippen LogP contribution in [0.1, 0.15) is 36.9 Å². The van der Waals surface area contributed by atoms with E-state index in [1.165, 1.54) is 6.92 Å². The number of hydrogen-bond donors (Lipinski definition) is 0. The van der Waals surface area contributed by atoms with E-state index in [9.17, 15) is 14.9 Å². The molecule has 0 fully saturated rings. The molecule has 1 heterocycles. The molecular weight excluding hydrogens is 328 g/mol. The quantitative estimate of drug-likeness (QED) is 0.618. The Morgan fingerprint density at radius 1 is 1.00 bits per heavy atom. The molecule has 2 aromatic rings. The summed E-state index contributed by atoms with van der Waals surface area (Å²) in [5, 5.41) is 12.2. The zero-order chi connectivity index (χ0) is 18.8. The van der Waals surface area contributed by atoms with Crippen molar-refractivity contribution in [1.82, 2.24) is 4.90 Å². The number of hydrogen-bond acceptors (Lipinski definition) is 4. The maximum Gasteiger partial charge on any atom is 0.248 e. The van der Waals surface area contributed by atoms with Gasteiger partial charge in [-0.05, 0) is 25.0 Å². The molecule has 26 heavy (non-hydrogen) atoms. The first-order valence-electron chi connectivity index (χ1n) is 8.61. The van der Waals surface area contributed by atoms with Crippen molar-refractivity contribution in [3.05, 3.63) is 93.2 Å². The number of likely N-dealkylation sites (N-methyl/N-ethyl adjacent to an activating group) is 1. The van der Waals surface area contributed by atoms with Crippen LogP contribution in [-0.4, -0.2) is 28.7 Å². The average molecular weight is 350 g/mol. The summed E-state index contributed by atoms with van der Waals surface area (Å²) in [6.07, 6.45) is 0. The Morgan fingerprint density at radius 3 is 1.96 bits per heavy atom. The van der Waals surface area contributed by atoms with E-state index >= 15 is 0 Å². The highest BCUT2D eigenvalue weighted by molar-refractivity contribution is 5.96. The van der Waals surface area contributed by atoms with Gasteiger partial charge in [0, 0.05) is 23.2 Å². The number of nitrogens with zero attached hydrogens (tertiary/aromatic N) is 2. The van der Waals surface area contributed by atoms with Gasteiger partial charge in [-0.3, -0.25) is 14.9 Å². The van der Waals surface area contributed by atoms with Gasteiger partial charge in [-0.2, -0.15) is 0 Å². The molecule has 0 unspecified atom stereocenters. The number of Topliss-reactive ketones (excluding diaryl/α,β-unsaturated/α-hetero) is 1. The fourth-order valence-corrected chi connectivity index (χ4v) is 4.01. The number of nitro groups is 1. The number of ketones is 1. The molecular formula is C21H22N2O3. The van der Waals surface area contributed by atoms with Gasteiger partial charge in [0.05, 0.1) is 5.92 Å². The molecule has 0 radical (unpaired) electrons. The Hall–Kier alpha value is -2.95. The van der Waals surface area contributed by atoms with Gasteiger partial charge < -0.3 is 4.90 Å². The monoisotopic (exact) mass is 350 g/mol. The van der Waals surface area contributed by atoms with Crippen molar-refractivity contribution >= 4 is 5.78 Å². The smallest absolute Gasteiger partial charge is 0.248 e. The van der Waals surface area contributed by atoms with E-state index in [1.54, 1.807) is 0 Å². The predicted molar refractivity (Wildman–Crippen MR) is 100 cm³/mol. The normalized spacial score (nSPS) is 23.0. The van der Waals surface area contributed by atoms with Crippen LogP contribution in [0.25, 0.3) is 0 Å². The third kappa shape index (κ3) is 3.01. The lowest BCUT2D eigenvalue weighted by Gasteiger charge is -2.42. The number of carbonyl (C=O) groups excluding carboxylic acids is 1. The van der Waals surface area contributed by atoms with E-state index in [1.807, 2.05) is 79.5 Å². The van der Waals surface area contributed by atoms with Gasteiger partial charge in [0.15, 0.2) is 5.78 Å². The van der Waals surface area contributed by atoms with Gasteiger partial charge >= 0.3 is 0 Å². The first-order valence-corrected chi connectivity index (χ1v) is 8.61. The summed E-state index contributed by atoms with van der Waals surface area (Å²) in [4.78, 5) is 26.3. The number of carbonyl (C=O) groups is 1. The maximum absolute atomic E-state index is 12.4. The lowest BCUT2D eigenvalue weighted by Crippen LogP contribution is -2.47. The summed E-state index contributed by atoms with van der Waals surface area (Å²) in [5.41, 5.74) is 2.98. The molecule has 134 valence electrons. The van der Waals surface area contributed by atoms with E-state index in [0.717, 1.165) is 16.8 Å². The van der Waals surface area contributed by atoms with Gasteiger partial charge in [0.2, 0.25) is 6.04 Å². The SMILES string of the molecule is CC(=O)C1=C(C)N(C)[C@@H](c2ccccc2)[C@H]([N+](=O)[O-])[C@@H]1c1ccccc1. The number of benzene rings is 2. The Labute approximate surface area is 153 Å². The minimum Gasteiger partial charge on any atom is -0.364 e. The molecule has 5 heteroatoms. The highest BCUT2D eigenvalue weighted by Crippen LogP contribution is 2.45. The molecule has 3 rings (SSSR count). The van der Waals surface area contributed by atoms with E-state index in [0.29, 0.717) is 5.57 Å². The maximum atomic E-state index is 12.4. The summed E-state index contributed by atoms with van der Waals surface area (Å²) < 4.78 is 0. The second kappa shape index (κ2) is 7.12. The molecule has 0 N–H and O–H groups in total. The van der Waals surface area contributed by atoms with Crippen molar-refractivity contribution in [2.24, 2.45) is 0 Å².